The molecule has 2 aromatic rings. The Balaban J connectivity index is 2.06. The summed E-state index contributed by atoms with van der Waals surface area (Å²) in [6, 6.07) is 2.51. The summed E-state index contributed by atoms with van der Waals surface area (Å²) >= 11 is 0.788. The van der Waals surface area contributed by atoms with Gasteiger partial charge < -0.3 is 9.47 Å². The zero-order valence-electron chi connectivity index (χ0n) is 14.5. The van der Waals surface area contributed by atoms with Gasteiger partial charge in [-0.1, -0.05) is 11.8 Å². The molecule has 0 saturated heterocycles. The molecular formula is C14H14N6O7S. The van der Waals surface area contributed by atoms with Gasteiger partial charge in [-0.3, -0.25) is 24.7 Å². The summed E-state index contributed by atoms with van der Waals surface area (Å²) in [5.41, 5.74) is 0.663. The van der Waals surface area contributed by atoms with E-state index in [2.05, 4.69) is 15.6 Å². The highest BCUT2D eigenvalue weighted by Gasteiger charge is 2.19. The lowest BCUT2D eigenvalue weighted by molar-refractivity contribution is -0.385. The molecule has 0 radical (unpaired) electrons. The van der Waals surface area contributed by atoms with Crippen LogP contribution < -0.4 is 26.1 Å². The average molecular weight is 410 g/mol. The van der Waals surface area contributed by atoms with Crippen LogP contribution in [0.15, 0.2) is 31.8 Å². The van der Waals surface area contributed by atoms with Gasteiger partial charge in [0.1, 0.15) is 5.75 Å². The van der Waals surface area contributed by atoms with Crippen molar-refractivity contribution in [2.45, 2.75) is 5.03 Å². The molecule has 148 valence electrons. The summed E-state index contributed by atoms with van der Waals surface area (Å²) in [7, 11) is 2.65. The maximum Gasteiger partial charge on any atom is 0.342 e. The molecule has 0 aliphatic rings. The van der Waals surface area contributed by atoms with E-state index in [1.807, 2.05) is 10.1 Å². The molecule has 1 amide bonds. The quantitative estimate of drug-likeness (QED) is 0.226. The number of hydrogen-bond acceptors (Lipinski definition) is 10. The first kappa shape index (κ1) is 20.6. The van der Waals surface area contributed by atoms with Gasteiger partial charge in [-0.2, -0.15) is 10.2 Å². The van der Waals surface area contributed by atoms with E-state index < -0.39 is 22.1 Å². The Bertz CT molecular complexity index is 1030. The van der Waals surface area contributed by atoms with Crippen LogP contribution in [0.25, 0.3) is 0 Å². The zero-order valence-corrected chi connectivity index (χ0v) is 15.4. The van der Waals surface area contributed by atoms with Gasteiger partial charge in [-0.15, -0.1) is 0 Å². The molecular weight excluding hydrogens is 396 g/mol. The summed E-state index contributed by atoms with van der Waals surface area (Å²) in [4.78, 5) is 46.6. The lowest BCUT2D eigenvalue weighted by atomic mass is 10.1. The topological polar surface area (TPSA) is 182 Å². The number of amides is 1. The van der Waals surface area contributed by atoms with Crippen molar-refractivity contribution in [3.8, 4) is 11.5 Å². The van der Waals surface area contributed by atoms with Gasteiger partial charge in [-0.05, 0) is 0 Å². The molecule has 0 aliphatic heterocycles. The standard InChI is InChI=1S/C14H14N6O7S/c1-26-9-4-10(27-2)8(20(24)25)3-7(9)5-15-17-11(21)6-28-13-12(22)16-14(23)19-18-13/h3-5H,6H2,1-2H3,(H,17,21)(H2,16,19,22,23)/b15-5+. The molecule has 0 atom stereocenters. The number of methoxy groups -OCH3 is 2. The van der Waals surface area contributed by atoms with Crippen LogP contribution in [-0.4, -0.2) is 52.2 Å². The second kappa shape index (κ2) is 9.31. The van der Waals surface area contributed by atoms with Crippen LogP contribution in [0.1, 0.15) is 5.56 Å². The molecule has 0 aliphatic carbocycles. The van der Waals surface area contributed by atoms with Crippen molar-refractivity contribution in [3.05, 3.63) is 48.6 Å². The Kier molecular flexibility index (Phi) is 6.86. The van der Waals surface area contributed by atoms with Crippen LogP contribution in [0.2, 0.25) is 0 Å². The SMILES string of the molecule is COc1cc(OC)c([N+](=O)[O-])cc1/C=N/NC(=O)CSc1n[nH]c(=O)[nH]c1=O. The van der Waals surface area contributed by atoms with E-state index in [1.165, 1.54) is 32.6 Å². The maximum absolute atomic E-state index is 11.8. The predicted octanol–water partition coefficient (Wildman–Crippen LogP) is -0.374. The third kappa shape index (κ3) is 5.16. The zero-order chi connectivity index (χ0) is 20.7. The molecule has 14 heteroatoms. The van der Waals surface area contributed by atoms with E-state index in [9.17, 15) is 24.5 Å². The van der Waals surface area contributed by atoms with Crippen molar-refractivity contribution in [2.24, 2.45) is 5.10 Å². The number of benzene rings is 1. The minimum absolute atomic E-state index is 0.0121. The van der Waals surface area contributed by atoms with E-state index in [0.717, 1.165) is 11.8 Å². The molecule has 0 spiro atoms. The van der Waals surface area contributed by atoms with Gasteiger partial charge in [0.25, 0.3) is 5.56 Å². The number of nitrogens with zero attached hydrogens (tertiary/aromatic N) is 3. The summed E-state index contributed by atoms with van der Waals surface area (Å²) < 4.78 is 10.1. The second-order valence-corrected chi connectivity index (χ2v) is 5.88. The summed E-state index contributed by atoms with van der Waals surface area (Å²) in [5, 5.41) is 20.3. The lowest BCUT2D eigenvalue weighted by Gasteiger charge is -2.08. The number of H-pyrrole nitrogens is 2. The van der Waals surface area contributed by atoms with E-state index in [4.69, 9.17) is 9.47 Å². The number of hydrogen-bond donors (Lipinski definition) is 3. The first-order valence-electron chi connectivity index (χ1n) is 7.39. The maximum atomic E-state index is 11.8. The number of carbonyl (C=O) groups is 1. The minimum atomic E-state index is -0.758. The molecule has 1 aromatic carbocycles. The number of thioether (sulfide) groups is 1. The highest BCUT2D eigenvalue weighted by molar-refractivity contribution is 7.99. The fourth-order valence-corrected chi connectivity index (χ4v) is 2.55. The first-order chi connectivity index (χ1) is 13.3. The molecule has 0 fully saturated rings. The van der Waals surface area contributed by atoms with E-state index in [-0.39, 0.29) is 33.5 Å². The molecule has 0 unspecified atom stereocenters. The molecule has 0 bridgehead atoms. The second-order valence-electron chi connectivity index (χ2n) is 4.92. The molecule has 13 nitrogen and oxygen atoms in total. The van der Waals surface area contributed by atoms with E-state index in [1.54, 1.807) is 0 Å². The number of nitrogens with one attached hydrogen (secondary N) is 3. The first-order valence-corrected chi connectivity index (χ1v) is 8.38. The Morgan fingerprint density at radius 1 is 1.36 bits per heavy atom. The number of carbonyl (C=O) groups excluding carboxylic acids is 1. The van der Waals surface area contributed by atoms with E-state index >= 15 is 0 Å². The molecule has 1 aromatic heterocycles. The Hall–Kier alpha value is -3.68. The highest BCUT2D eigenvalue weighted by Crippen LogP contribution is 2.33. The van der Waals surface area contributed by atoms with Crippen molar-refractivity contribution in [2.75, 3.05) is 20.0 Å². The third-order valence-electron chi connectivity index (χ3n) is 3.14. The Labute approximate surface area is 160 Å². The van der Waals surface area contributed by atoms with Crippen molar-refractivity contribution in [1.29, 1.82) is 0 Å². The van der Waals surface area contributed by atoms with E-state index in [0.29, 0.717) is 0 Å². The Morgan fingerprint density at radius 3 is 2.68 bits per heavy atom. The van der Waals surface area contributed by atoms with Crippen LogP contribution in [0.3, 0.4) is 0 Å². The van der Waals surface area contributed by atoms with Crippen LogP contribution in [-0.2, 0) is 4.79 Å². The molecule has 3 N–H and O–H groups in total. The fraction of sp³-hybridized carbons (Fsp3) is 0.214. The summed E-state index contributed by atoms with van der Waals surface area (Å²) in [5.74, 6) is -0.521. The third-order valence-corrected chi connectivity index (χ3v) is 4.10. The minimum Gasteiger partial charge on any atom is -0.496 e. The number of aromatic nitrogens is 3. The summed E-state index contributed by atoms with van der Waals surface area (Å²) in [6.45, 7) is 0. The van der Waals surface area contributed by atoms with Crippen molar-refractivity contribution < 1.29 is 19.2 Å². The van der Waals surface area contributed by atoms with Gasteiger partial charge in [-0.25, -0.2) is 15.3 Å². The largest absolute Gasteiger partial charge is 0.496 e. The smallest absolute Gasteiger partial charge is 0.342 e. The number of ether oxygens (including phenoxy) is 2. The highest BCUT2D eigenvalue weighted by atomic mass is 32.2. The molecule has 28 heavy (non-hydrogen) atoms. The summed E-state index contributed by atoms with van der Waals surface area (Å²) in [6.07, 6.45) is 1.17. The van der Waals surface area contributed by atoms with Crippen LogP contribution in [0.5, 0.6) is 11.5 Å². The number of nitro groups is 1. The van der Waals surface area contributed by atoms with Crippen molar-refractivity contribution >= 4 is 29.6 Å². The van der Waals surface area contributed by atoms with Gasteiger partial charge in [0.2, 0.25) is 11.7 Å². The molecule has 2 rings (SSSR count). The fourth-order valence-electron chi connectivity index (χ4n) is 1.92. The lowest BCUT2D eigenvalue weighted by Crippen LogP contribution is -2.26. The van der Waals surface area contributed by atoms with Gasteiger partial charge in [0, 0.05) is 17.7 Å². The van der Waals surface area contributed by atoms with Gasteiger partial charge in [0.05, 0.1) is 31.1 Å². The number of hydrazone groups is 1. The molecule has 0 saturated carbocycles. The van der Waals surface area contributed by atoms with Gasteiger partial charge in [0.15, 0.2) is 5.03 Å². The average Bonchev–Trinajstić information content (AvgIpc) is 2.66. The van der Waals surface area contributed by atoms with Crippen LogP contribution >= 0.6 is 11.8 Å². The Morgan fingerprint density at radius 2 is 2.07 bits per heavy atom. The normalized spacial score (nSPS) is 10.6. The monoisotopic (exact) mass is 410 g/mol. The number of aromatic amines is 2. The number of rotatable bonds is 8. The van der Waals surface area contributed by atoms with Crippen LogP contribution in [0.4, 0.5) is 5.69 Å². The van der Waals surface area contributed by atoms with Gasteiger partial charge >= 0.3 is 11.4 Å². The molecule has 1 heterocycles. The van der Waals surface area contributed by atoms with Crippen LogP contribution in [0, 0.1) is 10.1 Å². The van der Waals surface area contributed by atoms with Crippen molar-refractivity contribution in [1.82, 2.24) is 20.6 Å². The van der Waals surface area contributed by atoms with Crippen molar-refractivity contribution in [3.63, 3.8) is 0 Å². The number of nitro benzene ring substituents is 1. The predicted molar refractivity (Wildman–Crippen MR) is 98.1 cm³/mol.